The van der Waals surface area contributed by atoms with Crippen molar-refractivity contribution in [2.24, 2.45) is 5.10 Å². The molecule has 0 saturated carbocycles. The molecule has 0 aliphatic rings. The predicted octanol–water partition coefficient (Wildman–Crippen LogP) is 3.94. The highest BCUT2D eigenvalue weighted by molar-refractivity contribution is 6.32. The summed E-state index contributed by atoms with van der Waals surface area (Å²) in [7, 11) is 0. The first-order valence-corrected chi connectivity index (χ1v) is 8.39. The predicted molar refractivity (Wildman–Crippen MR) is 98.9 cm³/mol. The first-order chi connectivity index (χ1) is 13.0. The van der Waals surface area contributed by atoms with Crippen molar-refractivity contribution in [3.63, 3.8) is 0 Å². The fraction of sp³-hybridized carbons (Fsp3) is 0.105. The lowest BCUT2D eigenvalue weighted by molar-refractivity contribution is 0.0951. The third-order valence-corrected chi connectivity index (χ3v) is 4.23. The number of aryl methyl sites for hydroxylation is 1. The van der Waals surface area contributed by atoms with E-state index in [1.807, 2.05) is 0 Å². The van der Waals surface area contributed by atoms with Gasteiger partial charge < -0.3 is 0 Å². The van der Waals surface area contributed by atoms with Gasteiger partial charge in [-0.1, -0.05) is 35.9 Å². The quantitative estimate of drug-likeness (QED) is 0.531. The molecule has 0 fully saturated rings. The second-order valence-electron chi connectivity index (χ2n) is 5.75. The van der Waals surface area contributed by atoms with E-state index >= 15 is 0 Å². The number of carbonyl (C=O) groups is 1. The maximum absolute atomic E-state index is 13.6. The Labute approximate surface area is 159 Å². The van der Waals surface area contributed by atoms with Crippen molar-refractivity contribution in [3.05, 3.63) is 87.7 Å². The smallest absolute Gasteiger partial charge is 0.267 e. The second-order valence-corrected chi connectivity index (χ2v) is 6.11. The van der Waals surface area contributed by atoms with Crippen LogP contribution in [0.3, 0.4) is 0 Å². The molecule has 0 unspecified atom stereocenters. The SMILES string of the molecule is Cc1nn(Cc2ccc(F)cc2)c(Cl)c1/C=N\NC(=O)c1ccccc1F. The minimum atomic E-state index is -0.670. The van der Waals surface area contributed by atoms with Crippen molar-refractivity contribution < 1.29 is 13.6 Å². The highest BCUT2D eigenvalue weighted by atomic mass is 35.5. The van der Waals surface area contributed by atoms with E-state index in [1.54, 1.807) is 29.8 Å². The molecular weight excluding hydrogens is 374 g/mol. The summed E-state index contributed by atoms with van der Waals surface area (Å²) in [6.45, 7) is 2.10. The van der Waals surface area contributed by atoms with E-state index in [-0.39, 0.29) is 11.4 Å². The fourth-order valence-corrected chi connectivity index (χ4v) is 2.73. The van der Waals surface area contributed by atoms with E-state index in [4.69, 9.17) is 11.6 Å². The maximum atomic E-state index is 13.6. The molecule has 0 radical (unpaired) electrons. The summed E-state index contributed by atoms with van der Waals surface area (Å²) in [5, 5.41) is 8.48. The van der Waals surface area contributed by atoms with Gasteiger partial charge in [-0.3, -0.25) is 4.79 Å². The Morgan fingerprint density at radius 3 is 2.63 bits per heavy atom. The molecule has 0 atom stereocenters. The third-order valence-electron chi connectivity index (χ3n) is 3.83. The van der Waals surface area contributed by atoms with Crippen LogP contribution in [0.4, 0.5) is 8.78 Å². The van der Waals surface area contributed by atoms with Gasteiger partial charge in [0.25, 0.3) is 5.91 Å². The van der Waals surface area contributed by atoms with Crippen LogP contribution in [0.5, 0.6) is 0 Å². The molecule has 2 aromatic carbocycles. The van der Waals surface area contributed by atoms with Crippen LogP contribution in [0, 0.1) is 18.6 Å². The van der Waals surface area contributed by atoms with E-state index in [1.165, 1.54) is 36.5 Å². The van der Waals surface area contributed by atoms with Gasteiger partial charge in [-0.25, -0.2) is 18.9 Å². The molecule has 138 valence electrons. The number of hydrogen-bond acceptors (Lipinski definition) is 3. The summed E-state index contributed by atoms with van der Waals surface area (Å²) in [6.07, 6.45) is 1.35. The first kappa shape index (κ1) is 18.7. The number of amides is 1. The van der Waals surface area contributed by atoms with Crippen molar-refractivity contribution in [1.82, 2.24) is 15.2 Å². The lowest BCUT2D eigenvalue weighted by Gasteiger charge is -2.03. The van der Waals surface area contributed by atoms with Gasteiger partial charge in [0.05, 0.1) is 29.6 Å². The summed E-state index contributed by atoms with van der Waals surface area (Å²) in [4.78, 5) is 12.0. The molecule has 0 saturated heterocycles. The summed E-state index contributed by atoms with van der Waals surface area (Å²) < 4.78 is 28.1. The molecule has 0 aliphatic heterocycles. The molecule has 8 heteroatoms. The van der Waals surface area contributed by atoms with Gasteiger partial charge in [0.15, 0.2) is 0 Å². The average molecular weight is 389 g/mol. The number of aromatic nitrogens is 2. The lowest BCUT2D eigenvalue weighted by atomic mass is 10.2. The highest BCUT2D eigenvalue weighted by Crippen LogP contribution is 2.19. The minimum Gasteiger partial charge on any atom is -0.267 e. The Kier molecular flexibility index (Phi) is 5.61. The average Bonchev–Trinajstić information content (AvgIpc) is 2.91. The van der Waals surface area contributed by atoms with Crippen LogP contribution in [-0.2, 0) is 6.54 Å². The normalized spacial score (nSPS) is 11.1. The third kappa shape index (κ3) is 4.38. The van der Waals surface area contributed by atoms with Crippen LogP contribution in [0.15, 0.2) is 53.6 Å². The van der Waals surface area contributed by atoms with Crippen molar-refractivity contribution in [2.45, 2.75) is 13.5 Å². The number of nitrogens with zero attached hydrogens (tertiary/aromatic N) is 3. The zero-order valence-electron chi connectivity index (χ0n) is 14.3. The summed E-state index contributed by atoms with van der Waals surface area (Å²) in [6, 6.07) is 11.6. The van der Waals surface area contributed by atoms with Crippen LogP contribution < -0.4 is 5.43 Å². The monoisotopic (exact) mass is 388 g/mol. The lowest BCUT2D eigenvalue weighted by Crippen LogP contribution is -2.19. The van der Waals surface area contributed by atoms with Gasteiger partial charge >= 0.3 is 0 Å². The minimum absolute atomic E-state index is 0.107. The molecule has 0 spiro atoms. The van der Waals surface area contributed by atoms with E-state index in [0.29, 0.717) is 23.0 Å². The van der Waals surface area contributed by atoms with Crippen LogP contribution in [0.25, 0.3) is 0 Å². The molecule has 1 N–H and O–H groups in total. The molecular formula is C19H15ClF2N4O. The Balaban J connectivity index is 1.72. The zero-order chi connectivity index (χ0) is 19.4. The Morgan fingerprint density at radius 1 is 1.22 bits per heavy atom. The molecule has 1 heterocycles. The van der Waals surface area contributed by atoms with Crippen LogP contribution in [-0.4, -0.2) is 21.9 Å². The molecule has 3 rings (SSSR count). The summed E-state index contributed by atoms with van der Waals surface area (Å²) in [5.41, 5.74) is 4.11. The van der Waals surface area contributed by atoms with Gasteiger partial charge in [-0.15, -0.1) is 0 Å². The van der Waals surface area contributed by atoms with Gasteiger partial charge in [0.2, 0.25) is 0 Å². The number of carbonyl (C=O) groups excluding carboxylic acids is 1. The number of nitrogens with one attached hydrogen (secondary N) is 1. The van der Waals surface area contributed by atoms with Crippen LogP contribution in [0.2, 0.25) is 5.15 Å². The number of halogens is 3. The molecule has 1 aromatic heterocycles. The van der Waals surface area contributed by atoms with Gasteiger partial charge in [0.1, 0.15) is 16.8 Å². The number of hydrogen-bond donors (Lipinski definition) is 1. The standard InChI is InChI=1S/C19H15ClF2N4O/c1-12-16(10-23-24-19(27)15-4-2-3-5-17(15)22)18(20)26(25-12)11-13-6-8-14(21)9-7-13/h2-10H,11H2,1H3,(H,24,27)/b23-10-. The summed E-state index contributed by atoms with van der Waals surface area (Å²) >= 11 is 6.33. The van der Waals surface area contributed by atoms with Gasteiger partial charge in [0, 0.05) is 0 Å². The van der Waals surface area contributed by atoms with E-state index < -0.39 is 11.7 Å². The van der Waals surface area contributed by atoms with E-state index in [9.17, 15) is 13.6 Å². The first-order valence-electron chi connectivity index (χ1n) is 8.01. The van der Waals surface area contributed by atoms with Crippen molar-refractivity contribution in [3.8, 4) is 0 Å². The van der Waals surface area contributed by atoms with Crippen LogP contribution >= 0.6 is 11.6 Å². The molecule has 1 amide bonds. The van der Waals surface area contributed by atoms with Gasteiger partial charge in [-0.05, 0) is 36.8 Å². The van der Waals surface area contributed by atoms with Crippen LogP contribution in [0.1, 0.15) is 27.2 Å². The van der Waals surface area contributed by atoms with E-state index in [0.717, 1.165) is 5.56 Å². The maximum Gasteiger partial charge on any atom is 0.274 e. The highest BCUT2D eigenvalue weighted by Gasteiger charge is 2.13. The number of benzene rings is 2. The second kappa shape index (κ2) is 8.09. The van der Waals surface area contributed by atoms with Crippen molar-refractivity contribution >= 4 is 23.7 Å². The topological polar surface area (TPSA) is 59.3 Å². The number of hydrazone groups is 1. The largest absolute Gasteiger partial charge is 0.274 e. The Bertz CT molecular complexity index is 999. The van der Waals surface area contributed by atoms with Crippen molar-refractivity contribution in [2.75, 3.05) is 0 Å². The molecule has 27 heavy (non-hydrogen) atoms. The van der Waals surface area contributed by atoms with Gasteiger partial charge in [-0.2, -0.15) is 10.2 Å². The molecule has 0 aliphatic carbocycles. The Hall–Kier alpha value is -3.06. The van der Waals surface area contributed by atoms with Crippen molar-refractivity contribution in [1.29, 1.82) is 0 Å². The summed E-state index contributed by atoms with van der Waals surface area (Å²) in [5.74, 6) is -1.62. The molecule has 5 nitrogen and oxygen atoms in total. The van der Waals surface area contributed by atoms with E-state index in [2.05, 4.69) is 15.6 Å². The molecule has 0 bridgehead atoms. The molecule has 3 aromatic rings. The zero-order valence-corrected chi connectivity index (χ0v) is 15.0. The number of rotatable bonds is 5. The fourth-order valence-electron chi connectivity index (χ4n) is 2.44. The Morgan fingerprint density at radius 2 is 1.93 bits per heavy atom.